The summed E-state index contributed by atoms with van der Waals surface area (Å²) in [5.74, 6) is -0.774. The maximum atomic E-state index is 12.6. The number of H-pyrrole nitrogens is 1. The van der Waals surface area contributed by atoms with Crippen LogP contribution in [0.3, 0.4) is 0 Å². The predicted octanol–water partition coefficient (Wildman–Crippen LogP) is 4.06. The van der Waals surface area contributed by atoms with Crippen molar-refractivity contribution < 1.29 is 13.9 Å². The van der Waals surface area contributed by atoms with Crippen LogP contribution < -0.4 is 11.1 Å². The van der Waals surface area contributed by atoms with Gasteiger partial charge in [0.2, 0.25) is 5.55 Å². The van der Waals surface area contributed by atoms with E-state index in [2.05, 4.69) is 4.98 Å². The van der Waals surface area contributed by atoms with Crippen LogP contribution >= 0.6 is 23.2 Å². The summed E-state index contributed by atoms with van der Waals surface area (Å²) >= 11 is 12.3. The van der Waals surface area contributed by atoms with Gasteiger partial charge in [0, 0.05) is 32.9 Å². The van der Waals surface area contributed by atoms with E-state index in [1.54, 1.807) is 32.0 Å². The second-order valence-electron chi connectivity index (χ2n) is 5.55. The van der Waals surface area contributed by atoms with Crippen molar-refractivity contribution in [1.29, 1.82) is 5.41 Å². The molecule has 0 saturated heterocycles. The van der Waals surface area contributed by atoms with Crippen molar-refractivity contribution in [2.24, 2.45) is 0 Å². The summed E-state index contributed by atoms with van der Waals surface area (Å²) in [6.07, 6.45) is 0. The van der Waals surface area contributed by atoms with Crippen LogP contribution in [0.5, 0.6) is 0 Å². The number of nitrogens with one attached hydrogen (secondary N) is 2. The van der Waals surface area contributed by atoms with Gasteiger partial charge in [0.25, 0.3) is 5.56 Å². The van der Waals surface area contributed by atoms with Crippen LogP contribution in [0.25, 0.3) is 22.1 Å². The van der Waals surface area contributed by atoms with Gasteiger partial charge in [-0.15, -0.1) is 0 Å². The zero-order valence-electron chi connectivity index (χ0n) is 13.9. The van der Waals surface area contributed by atoms with Crippen LogP contribution in [-0.2, 0) is 4.74 Å². The molecule has 0 bridgehead atoms. The van der Waals surface area contributed by atoms with Gasteiger partial charge in [0.1, 0.15) is 11.1 Å². The molecule has 2 aromatic heterocycles. The maximum absolute atomic E-state index is 12.6. The van der Waals surface area contributed by atoms with E-state index in [-0.39, 0.29) is 33.7 Å². The lowest BCUT2D eigenvalue weighted by Gasteiger charge is -2.13. The molecule has 8 heteroatoms. The predicted molar refractivity (Wildman–Crippen MR) is 98.8 cm³/mol. The van der Waals surface area contributed by atoms with Gasteiger partial charge in [-0.05, 0) is 26.0 Å². The highest BCUT2D eigenvalue weighted by Gasteiger charge is 2.25. The number of carbonyl (C=O) groups is 1. The van der Waals surface area contributed by atoms with Crippen LogP contribution in [0.2, 0.25) is 10.0 Å². The average molecular weight is 393 g/mol. The molecule has 0 aliphatic rings. The first-order valence-corrected chi connectivity index (χ1v) is 8.47. The number of rotatable bonds is 3. The van der Waals surface area contributed by atoms with Gasteiger partial charge in [0.05, 0.1) is 12.0 Å². The Kier molecular flexibility index (Phi) is 4.89. The number of aromatic amines is 1. The fourth-order valence-corrected chi connectivity index (χ4v) is 3.24. The number of carbonyl (C=O) groups excluding carboxylic acids is 1. The Morgan fingerprint density at radius 3 is 2.69 bits per heavy atom. The lowest BCUT2D eigenvalue weighted by molar-refractivity contribution is 0.0522. The molecule has 0 aliphatic carbocycles. The van der Waals surface area contributed by atoms with E-state index in [9.17, 15) is 9.59 Å². The minimum atomic E-state index is -0.774. The largest absolute Gasteiger partial charge is 0.462 e. The van der Waals surface area contributed by atoms with E-state index < -0.39 is 17.1 Å². The number of benzene rings is 1. The third-order valence-electron chi connectivity index (χ3n) is 3.75. The van der Waals surface area contributed by atoms with Crippen molar-refractivity contribution >= 4 is 40.1 Å². The highest BCUT2D eigenvalue weighted by molar-refractivity contribution is 6.37. The summed E-state index contributed by atoms with van der Waals surface area (Å²) in [5.41, 5.74) is 0.239. The van der Waals surface area contributed by atoms with Crippen LogP contribution in [0.15, 0.2) is 33.5 Å². The Hall–Kier alpha value is -2.57. The van der Waals surface area contributed by atoms with E-state index in [0.717, 1.165) is 0 Å². The van der Waals surface area contributed by atoms with Crippen LogP contribution in [0.1, 0.15) is 23.0 Å². The summed E-state index contributed by atoms with van der Waals surface area (Å²) in [5, 5.41) is 8.90. The zero-order valence-corrected chi connectivity index (χ0v) is 15.4. The van der Waals surface area contributed by atoms with Crippen LogP contribution in [0, 0.1) is 12.3 Å². The normalized spacial score (nSPS) is 10.9. The molecule has 2 N–H and O–H groups in total. The van der Waals surface area contributed by atoms with Crippen LogP contribution in [-0.4, -0.2) is 17.6 Å². The second kappa shape index (κ2) is 6.97. The van der Waals surface area contributed by atoms with E-state index in [0.29, 0.717) is 16.3 Å². The molecule has 2 heterocycles. The molecular weight excluding hydrogens is 379 g/mol. The molecule has 0 aliphatic heterocycles. The summed E-state index contributed by atoms with van der Waals surface area (Å²) < 4.78 is 10.5. The number of aryl methyl sites for hydroxylation is 1. The molecule has 0 unspecified atom stereocenters. The van der Waals surface area contributed by atoms with Crippen molar-refractivity contribution in [3.8, 4) is 11.1 Å². The minimum Gasteiger partial charge on any atom is -0.462 e. The van der Waals surface area contributed by atoms with Crippen molar-refractivity contribution in [3.05, 3.63) is 61.5 Å². The van der Waals surface area contributed by atoms with Crippen molar-refractivity contribution in [2.45, 2.75) is 13.8 Å². The van der Waals surface area contributed by atoms with Gasteiger partial charge in [-0.3, -0.25) is 10.2 Å². The number of halogens is 2. The lowest BCUT2D eigenvalue weighted by atomic mass is 9.97. The standard InChI is InChI=1S/C18H14Cl2N2O4/c1-3-25-18(24)15-13(10-5-4-9(19)7-11(10)20)14-12(26-16(15)21)6-8(2)22-17(14)23/h4-7,21H,3H2,1-2H3,(H,22,23). The number of ether oxygens (including phenoxy) is 1. The molecule has 0 amide bonds. The number of hydrogen-bond donors (Lipinski definition) is 2. The lowest BCUT2D eigenvalue weighted by Crippen LogP contribution is -2.21. The molecule has 0 radical (unpaired) electrons. The molecule has 0 atom stereocenters. The molecular formula is C18H14Cl2N2O4. The zero-order chi connectivity index (χ0) is 19.0. The number of esters is 1. The molecule has 6 nitrogen and oxygen atoms in total. The SMILES string of the molecule is CCOC(=O)c1c(-c2ccc(Cl)cc2Cl)c2c(=O)[nH]c(C)cc2oc1=N. The Morgan fingerprint density at radius 2 is 2.04 bits per heavy atom. The fraction of sp³-hybridized carbons (Fsp3) is 0.167. The number of aromatic nitrogens is 1. The summed E-state index contributed by atoms with van der Waals surface area (Å²) in [6.45, 7) is 3.44. The van der Waals surface area contributed by atoms with Crippen molar-refractivity contribution in [3.63, 3.8) is 0 Å². The highest BCUT2D eigenvalue weighted by atomic mass is 35.5. The summed E-state index contributed by atoms with van der Waals surface area (Å²) in [4.78, 5) is 27.8. The Bertz CT molecular complexity index is 1150. The smallest absolute Gasteiger partial charge is 0.344 e. The Labute approximate surface area is 157 Å². The van der Waals surface area contributed by atoms with E-state index in [4.69, 9.17) is 37.8 Å². The molecule has 0 saturated carbocycles. The maximum Gasteiger partial charge on any atom is 0.344 e. The monoisotopic (exact) mass is 392 g/mol. The Balaban J connectivity index is 2.54. The highest BCUT2D eigenvalue weighted by Crippen LogP contribution is 2.35. The topological polar surface area (TPSA) is 96.2 Å². The fourth-order valence-electron chi connectivity index (χ4n) is 2.73. The van der Waals surface area contributed by atoms with E-state index >= 15 is 0 Å². The molecule has 26 heavy (non-hydrogen) atoms. The number of hydrogen-bond acceptors (Lipinski definition) is 5. The van der Waals surface area contributed by atoms with Gasteiger partial charge in [-0.1, -0.05) is 29.3 Å². The minimum absolute atomic E-state index is 0.106. The second-order valence-corrected chi connectivity index (χ2v) is 6.39. The third kappa shape index (κ3) is 3.13. The van der Waals surface area contributed by atoms with Gasteiger partial charge in [0.15, 0.2) is 0 Å². The molecule has 134 valence electrons. The number of fused-ring (bicyclic) bond motifs is 1. The van der Waals surface area contributed by atoms with E-state index in [1.165, 1.54) is 6.07 Å². The van der Waals surface area contributed by atoms with Crippen molar-refractivity contribution in [2.75, 3.05) is 6.61 Å². The first-order valence-electron chi connectivity index (χ1n) is 7.71. The molecule has 3 aromatic rings. The van der Waals surface area contributed by atoms with Crippen LogP contribution in [0.4, 0.5) is 0 Å². The Morgan fingerprint density at radius 1 is 1.31 bits per heavy atom. The molecule has 0 spiro atoms. The third-order valence-corrected chi connectivity index (χ3v) is 4.30. The number of pyridine rings is 1. The quantitative estimate of drug-likeness (QED) is 0.656. The molecule has 3 rings (SSSR count). The average Bonchev–Trinajstić information content (AvgIpc) is 2.53. The summed E-state index contributed by atoms with van der Waals surface area (Å²) in [7, 11) is 0. The first kappa shape index (κ1) is 18.2. The molecule has 0 fully saturated rings. The van der Waals surface area contributed by atoms with Gasteiger partial charge >= 0.3 is 5.97 Å². The first-order chi connectivity index (χ1) is 12.3. The van der Waals surface area contributed by atoms with Gasteiger partial charge < -0.3 is 14.1 Å². The van der Waals surface area contributed by atoms with Crippen molar-refractivity contribution in [1.82, 2.24) is 4.98 Å². The molecule has 1 aromatic carbocycles. The summed E-state index contributed by atoms with van der Waals surface area (Å²) in [6, 6.07) is 6.24. The van der Waals surface area contributed by atoms with Gasteiger partial charge in [-0.2, -0.15) is 0 Å². The van der Waals surface area contributed by atoms with E-state index in [1.807, 2.05) is 0 Å². The van der Waals surface area contributed by atoms with Gasteiger partial charge in [-0.25, -0.2) is 4.79 Å².